The van der Waals surface area contributed by atoms with E-state index in [0.717, 1.165) is 28.2 Å². The molecule has 23 heavy (non-hydrogen) atoms. The minimum absolute atomic E-state index is 0.615. The molecule has 0 fully saturated rings. The second kappa shape index (κ2) is 6.77. The highest BCUT2D eigenvalue weighted by molar-refractivity contribution is 7.98. The van der Waals surface area contributed by atoms with Crippen molar-refractivity contribution in [3.63, 3.8) is 0 Å². The fourth-order valence-electron chi connectivity index (χ4n) is 2.18. The normalized spacial score (nSPS) is 12.5. The van der Waals surface area contributed by atoms with Crippen LogP contribution in [0, 0.1) is 0 Å². The van der Waals surface area contributed by atoms with Crippen LogP contribution in [-0.2, 0) is 17.6 Å². The Kier molecular flexibility index (Phi) is 4.74. The first-order chi connectivity index (χ1) is 11.1. The van der Waals surface area contributed by atoms with Crippen molar-refractivity contribution in [2.75, 3.05) is 17.8 Å². The van der Waals surface area contributed by atoms with Gasteiger partial charge in [0.15, 0.2) is 15.7 Å². The molecular weight excluding hydrogens is 330 g/mol. The van der Waals surface area contributed by atoms with E-state index in [-0.39, 0.29) is 0 Å². The summed E-state index contributed by atoms with van der Waals surface area (Å²) in [6, 6.07) is 7.45. The Labute approximate surface area is 141 Å². The van der Waals surface area contributed by atoms with Gasteiger partial charge in [0.1, 0.15) is 6.26 Å². The van der Waals surface area contributed by atoms with Crippen molar-refractivity contribution < 1.29 is 4.55 Å². The molecule has 0 bridgehead atoms. The first-order valence-electron chi connectivity index (χ1n) is 7.11. The highest BCUT2D eigenvalue weighted by Gasteiger charge is 2.12. The maximum absolute atomic E-state index is 11.5. The highest BCUT2D eigenvalue weighted by Crippen LogP contribution is 2.22. The van der Waals surface area contributed by atoms with Gasteiger partial charge < -0.3 is 9.87 Å². The van der Waals surface area contributed by atoms with Gasteiger partial charge in [-0.25, -0.2) is 4.98 Å². The largest absolute Gasteiger partial charge is 0.612 e. The van der Waals surface area contributed by atoms with Crippen LogP contribution in [0.1, 0.15) is 12.5 Å². The summed E-state index contributed by atoms with van der Waals surface area (Å²) in [4.78, 5) is 9.83. The van der Waals surface area contributed by atoms with E-state index >= 15 is 0 Å². The maximum Gasteiger partial charge on any atom is 0.232 e. The SMILES string of the molecule is CCc1cnn2c(Nc3ccc([S+](C)[O-])cc3)nc(SC)nc12. The average molecular weight is 347 g/mol. The summed E-state index contributed by atoms with van der Waals surface area (Å²) < 4.78 is 13.2. The lowest BCUT2D eigenvalue weighted by molar-refractivity contribution is 0.601. The zero-order chi connectivity index (χ0) is 16.4. The summed E-state index contributed by atoms with van der Waals surface area (Å²) in [5.74, 6) is 0.615. The number of thioether (sulfide) groups is 1. The second-order valence-electron chi connectivity index (χ2n) is 4.90. The third-order valence-corrected chi connectivity index (χ3v) is 4.91. The van der Waals surface area contributed by atoms with E-state index in [1.165, 1.54) is 11.8 Å². The molecule has 0 aliphatic rings. The zero-order valence-electron chi connectivity index (χ0n) is 13.1. The van der Waals surface area contributed by atoms with E-state index in [1.807, 2.05) is 36.7 Å². The Morgan fingerprint density at radius 2 is 2.00 bits per heavy atom. The van der Waals surface area contributed by atoms with Crippen molar-refractivity contribution in [2.24, 2.45) is 0 Å². The Morgan fingerprint density at radius 1 is 1.26 bits per heavy atom. The molecule has 0 aliphatic heterocycles. The van der Waals surface area contributed by atoms with E-state index in [2.05, 4.69) is 27.3 Å². The molecule has 120 valence electrons. The molecule has 1 N–H and O–H groups in total. The van der Waals surface area contributed by atoms with Gasteiger partial charge in [-0.2, -0.15) is 14.6 Å². The van der Waals surface area contributed by atoms with Crippen molar-refractivity contribution in [3.8, 4) is 0 Å². The van der Waals surface area contributed by atoms with Crippen molar-refractivity contribution in [2.45, 2.75) is 23.4 Å². The van der Waals surface area contributed by atoms with Crippen LogP contribution in [0.15, 0.2) is 40.5 Å². The van der Waals surface area contributed by atoms with Crippen LogP contribution in [0.2, 0.25) is 0 Å². The molecule has 0 amide bonds. The monoisotopic (exact) mass is 347 g/mol. The van der Waals surface area contributed by atoms with E-state index in [0.29, 0.717) is 11.1 Å². The lowest BCUT2D eigenvalue weighted by atomic mass is 10.3. The number of nitrogens with one attached hydrogen (secondary N) is 1. The third-order valence-electron chi connectivity index (χ3n) is 3.43. The molecule has 0 saturated carbocycles. The number of hydrogen-bond acceptors (Lipinski definition) is 6. The van der Waals surface area contributed by atoms with Crippen LogP contribution >= 0.6 is 11.8 Å². The number of anilines is 2. The molecule has 2 aromatic heterocycles. The lowest BCUT2D eigenvalue weighted by Crippen LogP contribution is -2.06. The fraction of sp³-hybridized carbons (Fsp3) is 0.267. The van der Waals surface area contributed by atoms with Gasteiger partial charge in [0.2, 0.25) is 5.95 Å². The van der Waals surface area contributed by atoms with Crippen molar-refractivity contribution >= 4 is 40.2 Å². The van der Waals surface area contributed by atoms with Gasteiger partial charge in [-0.1, -0.05) is 18.7 Å². The number of fused-ring (bicyclic) bond motifs is 1. The topological polar surface area (TPSA) is 78.2 Å². The highest BCUT2D eigenvalue weighted by atomic mass is 32.2. The molecule has 0 radical (unpaired) electrons. The first kappa shape index (κ1) is 16.1. The summed E-state index contributed by atoms with van der Waals surface area (Å²) in [6.45, 7) is 2.08. The summed E-state index contributed by atoms with van der Waals surface area (Å²) in [5, 5.41) is 8.34. The Bertz CT molecular complexity index is 817. The fourth-order valence-corrected chi connectivity index (χ4v) is 3.06. The minimum Gasteiger partial charge on any atom is -0.612 e. The quantitative estimate of drug-likeness (QED) is 0.565. The van der Waals surface area contributed by atoms with E-state index < -0.39 is 11.2 Å². The number of nitrogens with zero attached hydrogens (tertiary/aromatic N) is 4. The molecule has 6 nitrogen and oxygen atoms in total. The summed E-state index contributed by atoms with van der Waals surface area (Å²) in [5.41, 5.74) is 2.77. The summed E-state index contributed by atoms with van der Waals surface area (Å²) >= 11 is 0.511. The van der Waals surface area contributed by atoms with Gasteiger partial charge in [0, 0.05) is 11.3 Å². The average Bonchev–Trinajstić information content (AvgIpc) is 2.98. The minimum atomic E-state index is -0.983. The van der Waals surface area contributed by atoms with Crippen LogP contribution in [0.5, 0.6) is 0 Å². The maximum atomic E-state index is 11.5. The lowest BCUT2D eigenvalue weighted by Gasteiger charge is -2.10. The predicted molar refractivity (Wildman–Crippen MR) is 94.0 cm³/mol. The van der Waals surface area contributed by atoms with Crippen molar-refractivity contribution in [3.05, 3.63) is 36.0 Å². The second-order valence-corrected chi connectivity index (χ2v) is 7.05. The van der Waals surface area contributed by atoms with Crippen LogP contribution in [-0.4, -0.2) is 36.6 Å². The smallest absolute Gasteiger partial charge is 0.232 e. The molecule has 1 aromatic carbocycles. The van der Waals surface area contributed by atoms with Crippen LogP contribution < -0.4 is 5.32 Å². The van der Waals surface area contributed by atoms with Gasteiger partial charge in [-0.15, -0.1) is 0 Å². The number of aryl methyl sites for hydroxylation is 1. The number of rotatable bonds is 5. The van der Waals surface area contributed by atoms with E-state index in [1.54, 1.807) is 10.8 Å². The molecular formula is C15H17N5OS2. The predicted octanol–water partition coefficient (Wildman–Crippen LogP) is 2.89. The van der Waals surface area contributed by atoms with Crippen molar-refractivity contribution in [1.82, 2.24) is 19.6 Å². The molecule has 0 spiro atoms. The number of hydrogen-bond donors (Lipinski definition) is 1. The number of aromatic nitrogens is 4. The van der Waals surface area contributed by atoms with Crippen molar-refractivity contribution in [1.29, 1.82) is 0 Å². The van der Waals surface area contributed by atoms with Gasteiger partial charge in [-0.05, 0) is 48.1 Å². The zero-order valence-corrected chi connectivity index (χ0v) is 14.7. The van der Waals surface area contributed by atoms with Gasteiger partial charge in [-0.3, -0.25) is 0 Å². The van der Waals surface area contributed by atoms with E-state index in [4.69, 9.17) is 0 Å². The molecule has 8 heteroatoms. The van der Waals surface area contributed by atoms with Gasteiger partial charge >= 0.3 is 0 Å². The third kappa shape index (κ3) is 3.29. The first-order valence-corrected chi connectivity index (χ1v) is 9.89. The van der Waals surface area contributed by atoms with E-state index in [9.17, 15) is 4.55 Å². The molecule has 0 saturated heterocycles. The standard InChI is InChI=1S/C15H17N5OS2/c1-4-10-9-16-20-13(10)18-15(22-2)19-14(20)17-11-5-7-12(8-6-11)23(3)21/h5-9H,4H2,1-3H3,(H,17,18,19). The molecule has 2 heterocycles. The van der Waals surface area contributed by atoms with Crippen LogP contribution in [0.25, 0.3) is 5.65 Å². The molecule has 3 rings (SSSR count). The van der Waals surface area contributed by atoms with Crippen LogP contribution in [0.4, 0.5) is 11.6 Å². The Balaban J connectivity index is 2.00. The van der Waals surface area contributed by atoms with Crippen LogP contribution in [0.3, 0.4) is 0 Å². The Morgan fingerprint density at radius 3 is 2.61 bits per heavy atom. The van der Waals surface area contributed by atoms with Gasteiger partial charge in [0.05, 0.1) is 6.20 Å². The van der Waals surface area contributed by atoms with Gasteiger partial charge in [0.25, 0.3) is 0 Å². The summed E-state index contributed by atoms with van der Waals surface area (Å²) in [6.07, 6.45) is 6.30. The molecule has 0 aliphatic carbocycles. The molecule has 1 atom stereocenters. The number of benzene rings is 1. The molecule has 1 unspecified atom stereocenters. The molecule has 3 aromatic rings. The summed E-state index contributed by atoms with van der Waals surface area (Å²) in [7, 11) is 0. The Hall–Kier alpha value is -1.77.